The summed E-state index contributed by atoms with van der Waals surface area (Å²) >= 11 is 4.52. The average Bonchev–Trinajstić information content (AvgIpc) is 2.62. The van der Waals surface area contributed by atoms with Crippen molar-refractivity contribution in [3.63, 3.8) is 0 Å². The van der Waals surface area contributed by atoms with Gasteiger partial charge in [-0.2, -0.15) is 5.10 Å². The lowest BCUT2D eigenvalue weighted by Gasteiger charge is -2.04. The number of aromatic nitrogens is 3. The van der Waals surface area contributed by atoms with Gasteiger partial charge >= 0.3 is 0 Å². The van der Waals surface area contributed by atoms with Crippen molar-refractivity contribution in [2.75, 3.05) is 12.3 Å². The van der Waals surface area contributed by atoms with Crippen LogP contribution < -0.4 is 10.5 Å². The Morgan fingerprint density at radius 1 is 1.62 bits per heavy atom. The van der Waals surface area contributed by atoms with Gasteiger partial charge in [0.15, 0.2) is 0 Å². The van der Waals surface area contributed by atoms with Crippen molar-refractivity contribution in [2.24, 2.45) is 5.73 Å². The molecule has 0 spiro atoms. The summed E-state index contributed by atoms with van der Waals surface area (Å²) < 4.78 is 25.0. The van der Waals surface area contributed by atoms with E-state index in [1.54, 1.807) is 0 Å². The molecule has 0 aliphatic carbocycles. The van der Waals surface area contributed by atoms with Crippen LogP contribution in [0, 0.1) is 0 Å². The van der Waals surface area contributed by atoms with Crippen LogP contribution in [-0.4, -0.2) is 40.9 Å². The molecule has 0 aromatic carbocycles. The van der Waals surface area contributed by atoms with Crippen LogP contribution in [-0.2, 0) is 16.4 Å². The summed E-state index contributed by atoms with van der Waals surface area (Å²) in [6.07, 6.45) is 2.67. The Labute approximate surface area is 98.9 Å². The summed E-state index contributed by atoms with van der Waals surface area (Å²) in [6, 6.07) is 0. The van der Waals surface area contributed by atoms with Gasteiger partial charge in [-0.05, 0) is 6.42 Å². The zero-order chi connectivity index (χ0) is 12.0. The maximum atomic E-state index is 11.3. The summed E-state index contributed by atoms with van der Waals surface area (Å²) in [5, 5.41) is 6.37. The van der Waals surface area contributed by atoms with Crippen molar-refractivity contribution in [1.29, 1.82) is 0 Å². The summed E-state index contributed by atoms with van der Waals surface area (Å²) in [4.78, 5) is 3.87. The predicted molar refractivity (Wildman–Crippen MR) is 63.3 cm³/mol. The third-order valence-corrected chi connectivity index (χ3v) is 3.37. The molecule has 1 rings (SSSR count). The van der Waals surface area contributed by atoms with Gasteiger partial charge in [0.2, 0.25) is 10.0 Å². The molecule has 0 saturated heterocycles. The van der Waals surface area contributed by atoms with E-state index in [2.05, 4.69) is 32.1 Å². The Bertz CT molecular complexity index is 428. The molecular weight excluding hydrogens is 250 g/mol. The summed E-state index contributed by atoms with van der Waals surface area (Å²) in [7, 11) is -3.38. The maximum Gasteiger partial charge on any atom is 0.218 e. The molecule has 1 aromatic rings. The molecule has 4 N–H and O–H groups in total. The van der Waals surface area contributed by atoms with E-state index < -0.39 is 10.0 Å². The van der Waals surface area contributed by atoms with Crippen molar-refractivity contribution >= 4 is 27.2 Å². The number of sulfonamides is 1. The van der Waals surface area contributed by atoms with Gasteiger partial charge in [-0.3, -0.25) is 5.10 Å². The van der Waals surface area contributed by atoms with E-state index in [4.69, 9.17) is 5.73 Å². The van der Waals surface area contributed by atoms with Gasteiger partial charge in [0.05, 0.1) is 4.99 Å². The number of thiocarbonyl (C=S) groups is 1. The fourth-order valence-corrected chi connectivity index (χ4v) is 2.47. The minimum absolute atomic E-state index is 0.0391. The van der Waals surface area contributed by atoms with Crippen LogP contribution in [0.15, 0.2) is 6.33 Å². The van der Waals surface area contributed by atoms with E-state index in [-0.39, 0.29) is 10.7 Å². The van der Waals surface area contributed by atoms with Gasteiger partial charge in [0.1, 0.15) is 17.9 Å². The molecule has 16 heavy (non-hydrogen) atoms. The molecule has 0 amide bonds. The predicted octanol–water partition coefficient (Wildman–Crippen LogP) is -1.06. The molecule has 0 unspecified atom stereocenters. The highest BCUT2D eigenvalue weighted by Gasteiger charge is 2.10. The normalized spacial score (nSPS) is 11.5. The zero-order valence-electron chi connectivity index (χ0n) is 8.51. The fourth-order valence-electron chi connectivity index (χ4n) is 1.07. The van der Waals surface area contributed by atoms with E-state index in [1.165, 1.54) is 6.33 Å². The van der Waals surface area contributed by atoms with E-state index in [9.17, 15) is 8.42 Å². The van der Waals surface area contributed by atoms with E-state index >= 15 is 0 Å². The first-order valence-electron chi connectivity index (χ1n) is 4.59. The third kappa shape index (κ3) is 5.14. The summed E-state index contributed by atoms with van der Waals surface area (Å²) in [6.45, 7) is 0.325. The number of nitrogens with one attached hydrogen (secondary N) is 2. The first-order valence-corrected chi connectivity index (χ1v) is 6.65. The second-order valence-corrected chi connectivity index (χ2v) is 5.49. The number of H-pyrrole nitrogens is 1. The van der Waals surface area contributed by atoms with Gasteiger partial charge in [-0.15, -0.1) is 0 Å². The number of hydrogen-bond donors (Lipinski definition) is 3. The Hall–Kier alpha value is -1.06. The summed E-state index contributed by atoms with van der Waals surface area (Å²) in [5.74, 6) is 0.415. The Morgan fingerprint density at radius 3 is 2.94 bits per heavy atom. The number of aryl methyl sites for hydroxylation is 1. The lowest BCUT2D eigenvalue weighted by atomic mass is 10.3. The molecule has 1 heterocycles. The molecule has 1 aromatic heterocycles. The van der Waals surface area contributed by atoms with Crippen LogP contribution in [0.1, 0.15) is 12.2 Å². The van der Waals surface area contributed by atoms with E-state index in [0.717, 1.165) is 5.82 Å². The molecule has 0 saturated carbocycles. The molecular formula is C7H13N5O2S2. The van der Waals surface area contributed by atoms with Crippen molar-refractivity contribution in [3.05, 3.63) is 12.2 Å². The van der Waals surface area contributed by atoms with Gasteiger partial charge in [-0.1, -0.05) is 12.2 Å². The van der Waals surface area contributed by atoms with Crippen molar-refractivity contribution in [2.45, 2.75) is 12.8 Å². The monoisotopic (exact) mass is 263 g/mol. The first kappa shape index (κ1) is 13.0. The van der Waals surface area contributed by atoms with E-state index in [0.29, 0.717) is 19.4 Å². The number of nitrogens with two attached hydrogens (primary N) is 1. The molecule has 0 radical (unpaired) electrons. The Kier molecular flexibility index (Phi) is 4.77. The highest BCUT2D eigenvalue weighted by molar-refractivity contribution is 7.92. The first-order chi connectivity index (χ1) is 7.49. The van der Waals surface area contributed by atoms with Crippen LogP contribution in [0.5, 0.6) is 0 Å². The summed E-state index contributed by atoms with van der Waals surface area (Å²) in [5.41, 5.74) is 5.15. The number of hydrogen-bond acceptors (Lipinski definition) is 5. The smallest absolute Gasteiger partial charge is 0.218 e. The minimum Gasteiger partial charge on any atom is -0.392 e. The Morgan fingerprint density at radius 2 is 2.38 bits per heavy atom. The molecule has 0 aliphatic rings. The van der Waals surface area contributed by atoms with Crippen molar-refractivity contribution in [3.8, 4) is 0 Å². The molecule has 9 heteroatoms. The van der Waals surface area contributed by atoms with Gasteiger partial charge in [0.25, 0.3) is 0 Å². The molecule has 90 valence electrons. The standard InChI is InChI=1S/C7H13N5O2S2/c8-6(15)4-16(13,14)11-3-1-2-7-9-5-10-12-7/h5,11H,1-4H2,(H2,8,15)(H,9,10,12). The third-order valence-electron chi connectivity index (χ3n) is 1.71. The number of aromatic amines is 1. The van der Waals surface area contributed by atoms with Crippen molar-refractivity contribution in [1.82, 2.24) is 19.9 Å². The minimum atomic E-state index is -3.38. The highest BCUT2D eigenvalue weighted by atomic mass is 32.2. The van der Waals surface area contributed by atoms with Gasteiger partial charge in [0, 0.05) is 13.0 Å². The van der Waals surface area contributed by atoms with Crippen LogP contribution in [0.25, 0.3) is 0 Å². The maximum absolute atomic E-state index is 11.3. The molecule has 0 bridgehead atoms. The molecule has 0 aliphatic heterocycles. The topological polar surface area (TPSA) is 114 Å². The molecule has 0 fully saturated rings. The number of rotatable bonds is 7. The van der Waals surface area contributed by atoms with Gasteiger partial charge in [-0.25, -0.2) is 18.1 Å². The highest BCUT2D eigenvalue weighted by Crippen LogP contribution is 1.93. The van der Waals surface area contributed by atoms with Crippen LogP contribution >= 0.6 is 12.2 Å². The number of nitrogens with zero attached hydrogens (tertiary/aromatic N) is 2. The van der Waals surface area contributed by atoms with Crippen LogP contribution in [0.4, 0.5) is 0 Å². The zero-order valence-corrected chi connectivity index (χ0v) is 10.1. The quantitative estimate of drug-likeness (QED) is 0.427. The van der Waals surface area contributed by atoms with Crippen molar-refractivity contribution < 1.29 is 8.42 Å². The molecule has 0 atom stereocenters. The van der Waals surface area contributed by atoms with Crippen LogP contribution in [0.2, 0.25) is 0 Å². The van der Waals surface area contributed by atoms with E-state index in [1.807, 2.05) is 0 Å². The average molecular weight is 263 g/mol. The van der Waals surface area contributed by atoms with Crippen LogP contribution in [0.3, 0.4) is 0 Å². The second kappa shape index (κ2) is 5.87. The lowest BCUT2D eigenvalue weighted by molar-refractivity contribution is 0.582. The second-order valence-electron chi connectivity index (χ2n) is 3.16. The Balaban J connectivity index is 2.23. The van der Waals surface area contributed by atoms with Gasteiger partial charge < -0.3 is 5.73 Å². The fraction of sp³-hybridized carbons (Fsp3) is 0.571. The SMILES string of the molecule is NC(=S)CS(=O)(=O)NCCCc1ncn[nH]1. The molecule has 7 nitrogen and oxygen atoms in total. The lowest BCUT2D eigenvalue weighted by Crippen LogP contribution is -2.33. The largest absolute Gasteiger partial charge is 0.392 e.